The number of ether oxygens (including phenoxy) is 1. The Labute approximate surface area is 165 Å². The van der Waals surface area contributed by atoms with Crippen LogP contribution in [0.15, 0.2) is 24.3 Å². The van der Waals surface area contributed by atoms with Crippen molar-refractivity contribution in [3.05, 3.63) is 51.5 Å². The molecule has 3 rings (SSSR count). The first-order chi connectivity index (χ1) is 12.9. The molecule has 0 aliphatic rings. The largest absolute Gasteiger partial charge is 0.492 e. The minimum atomic E-state index is -1.44. The lowest BCUT2D eigenvalue weighted by atomic mass is 10.0. The van der Waals surface area contributed by atoms with Crippen molar-refractivity contribution < 1.29 is 17.9 Å². The van der Waals surface area contributed by atoms with Crippen molar-refractivity contribution in [2.45, 2.75) is 40.0 Å². The Hall–Kier alpha value is -1.79. The molecule has 0 amide bonds. The first-order valence-electron chi connectivity index (χ1n) is 8.89. The Bertz CT molecular complexity index is 920. The molecular weight excluding hydrogens is 389 g/mol. The van der Waals surface area contributed by atoms with E-state index >= 15 is 0 Å². The summed E-state index contributed by atoms with van der Waals surface area (Å²) in [5, 5.41) is 0. The van der Waals surface area contributed by atoms with Gasteiger partial charge in [-0.05, 0) is 50.1 Å². The maximum absolute atomic E-state index is 13.7. The van der Waals surface area contributed by atoms with Gasteiger partial charge < -0.3 is 4.74 Å². The second-order valence-electron chi connectivity index (χ2n) is 6.44. The van der Waals surface area contributed by atoms with Crippen molar-refractivity contribution in [3.8, 4) is 26.6 Å². The van der Waals surface area contributed by atoms with Gasteiger partial charge in [-0.3, -0.25) is 0 Å². The van der Waals surface area contributed by atoms with Crippen LogP contribution in [0.5, 0.6) is 5.75 Å². The van der Waals surface area contributed by atoms with Gasteiger partial charge >= 0.3 is 0 Å². The summed E-state index contributed by atoms with van der Waals surface area (Å²) in [6, 6.07) is 5.96. The van der Waals surface area contributed by atoms with Gasteiger partial charge in [-0.15, -0.1) is 22.7 Å². The van der Waals surface area contributed by atoms with Crippen LogP contribution in [0.25, 0.3) is 20.9 Å². The summed E-state index contributed by atoms with van der Waals surface area (Å²) in [5.41, 5.74) is 1.04. The van der Waals surface area contributed by atoms with Crippen LogP contribution in [0.4, 0.5) is 13.2 Å². The van der Waals surface area contributed by atoms with Gasteiger partial charge in [0.05, 0.1) is 11.5 Å². The fraction of sp³-hybridized carbons (Fsp3) is 0.333. The van der Waals surface area contributed by atoms with Gasteiger partial charge in [0.1, 0.15) is 5.75 Å². The van der Waals surface area contributed by atoms with Crippen LogP contribution >= 0.6 is 22.7 Å². The predicted octanol–water partition coefficient (Wildman–Crippen LogP) is 7.75. The summed E-state index contributed by atoms with van der Waals surface area (Å²) in [7, 11) is 0. The van der Waals surface area contributed by atoms with E-state index in [0.29, 0.717) is 17.7 Å². The summed E-state index contributed by atoms with van der Waals surface area (Å²) in [6.45, 7) is 6.77. The van der Waals surface area contributed by atoms with Crippen LogP contribution in [0.2, 0.25) is 0 Å². The lowest BCUT2D eigenvalue weighted by molar-refractivity contribution is 0.306. The van der Waals surface area contributed by atoms with Crippen LogP contribution in [-0.4, -0.2) is 6.61 Å². The van der Waals surface area contributed by atoms with Gasteiger partial charge in [0, 0.05) is 20.2 Å². The maximum atomic E-state index is 13.7. The average Bonchev–Trinajstić information content (AvgIpc) is 3.19. The molecule has 2 aromatic heterocycles. The average molecular weight is 411 g/mol. The van der Waals surface area contributed by atoms with Gasteiger partial charge in [-0.2, -0.15) is 0 Å². The zero-order valence-corrected chi connectivity index (χ0v) is 17.1. The van der Waals surface area contributed by atoms with Gasteiger partial charge in [-0.25, -0.2) is 13.2 Å². The molecule has 27 heavy (non-hydrogen) atoms. The van der Waals surface area contributed by atoms with E-state index in [1.165, 1.54) is 0 Å². The highest BCUT2D eigenvalue weighted by atomic mass is 32.1. The Morgan fingerprint density at radius 3 is 2.30 bits per heavy atom. The zero-order valence-electron chi connectivity index (χ0n) is 15.5. The second-order valence-corrected chi connectivity index (χ2v) is 8.95. The molecule has 0 N–H and O–H groups in total. The number of unbranched alkanes of at least 4 members (excludes halogenated alkanes) is 2. The number of hydrogen-bond acceptors (Lipinski definition) is 3. The zero-order chi connectivity index (χ0) is 19.6. The maximum Gasteiger partial charge on any atom is 0.194 e. The quantitative estimate of drug-likeness (QED) is 0.286. The van der Waals surface area contributed by atoms with Crippen molar-refractivity contribution >= 4 is 22.7 Å². The first-order valence-corrected chi connectivity index (χ1v) is 10.5. The number of benzene rings is 1. The molecule has 1 aromatic carbocycles. The smallest absolute Gasteiger partial charge is 0.194 e. The summed E-state index contributed by atoms with van der Waals surface area (Å²) >= 11 is 3.14. The predicted molar refractivity (Wildman–Crippen MR) is 107 cm³/mol. The molecule has 0 saturated heterocycles. The van der Waals surface area contributed by atoms with E-state index < -0.39 is 17.5 Å². The molecule has 2 heterocycles. The summed E-state index contributed by atoms with van der Waals surface area (Å²) in [4.78, 5) is 3.97. The van der Waals surface area contributed by atoms with Crippen molar-refractivity contribution in [1.29, 1.82) is 0 Å². The molecule has 0 spiro atoms. The van der Waals surface area contributed by atoms with Crippen LogP contribution in [0.1, 0.15) is 35.9 Å². The first kappa shape index (κ1) is 20.0. The van der Waals surface area contributed by atoms with E-state index in [9.17, 15) is 13.2 Å². The van der Waals surface area contributed by atoms with Crippen LogP contribution < -0.4 is 4.74 Å². The molecule has 0 radical (unpaired) electrons. The molecule has 0 aliphatic carbocycles. The third-order valence-electron chi connectivity index (χ3n) is 4.25. The number of thiophene rings is 2. The molecule has 1 nitrogen and oxygen atoms in total. The van der Waals surface area contributed by atoms with E-state index in [0.717, 1.165) is 56.7 Å². The number of rotatable bonds is 7. The monoisotopic (exact) mass is 410 g/mol. The molecule has 6 heteroatoms. The van der Waals surface area contributed by atoms with Crippen molar-refractivity contribution in [2.24, 2.45) is 0 Å². The van der Waals surface area contributed by atoms with E-state index in [-0.39, 0.29) is 0 Å². The molecule has 0 aliphatic heterocycles. The second kappa shape index (κ2) is 8.48. The third kappa shape index (κ3) is 4.38. The summed E-state index contributed by atoms with van der Waals surface area (Å²) in [6.07, 6.45) is 3.28. The van der Waals surface area contributed by atoms with E-state index in [2.05, 4.69) is 6.92 Å². The fourth-order valence-corrected chi connectivity index (χ4v) is 4.99. The van der Waals surface area contributed by atoms with Crippen LogP contribution in [0.3, 0.4) is 0 Å². The van der Waals surface area contributed by atoms with Gasteiger partial charge in [0.25, 0.3) is 0 Å². The third-order valence-corrected chi connectivity index (χ3v) is 6.51. The van der Waals surface area contributed by atoms with Gasteiger partial charge in [-0.1, -0.05) is 19.8 Å². The summed E-state index contributed by atoms with van der Waals surface area (Å²) < 4.78 is 46.6. The SMILES string of the molecule is CCCCCOc1cc(-c2sc(C)cc2-c2cc(F)c(F)c(F)c2)sc1C. The molecule has 144 valence electrons. The standard InChI is InChI=1S/C21H21F3OS2/c1-4-5-6-7-25-18-11-19(27-13(18)3)21-15(8-12(2)26-21)14-9-16(22)20(24)17(23)10-14/h8-11H,4-7H2,1-3H3. The highest BCUT2D eigenvalue weighted by Gasteiger charge is 2.19. The number of halogens is 3. The topological polar surface area (TPSA) is 9.23 Å². The normalized spacial score (nSPS) is 11.2. The van der Waals surface area contributed by atoms with Gasteiger partial charge in [0.2, 0.25) is 0 Å². The Balaban J connectivity index is 1.95. The molecule has 3 aromatic rings. The van der Waals surface area contributed by atoms with E-state index in [1.54, 1.807) is 22.7 Å². The molecule has 0 bridgehead atoms. The lowest BCUT2D eigenvalue weighted by Gasteiger charge is -2.05. The molecular formula is C21H21F3OS2. The molecule has 0 unspecified atom stereocenters. The summed E-state index contributed by atoms with van der Waals surface area (Å²) in [5.74, 6) is -2.95. The Morgan fingerprint density at radius 2 is 1.63 bits per heavy atom. The fourth-order valence-electron chi connectivity index (χ4n) is 2.88. The van der Waals surface area contributed by atoms with Crippen molar-refractivity contribution in [3.63, 3.8) is 0 Å². The minimum Gasteiger partial charge on any atom is -0.492 e. The van der Waals surface area contributed by atoms with E-state index in [4.69, 9.17) is 4.74 Å². The molecule has 0 atom stereocenters. The molecule has 0 fully saturated rings. The highest BCUT2D eigenvalue weighted by molar-refractivity contribution is 7.22. The van der Waals surface area contributed by atoms with Crippen LogP contribution in [0, 0.1) is 31.3 Å². The Morgan fingerprint density at radius 1 is 0.926 bits per heavy atom. The number of aryl methyl sites for hydroxylation is 2. The lowest BCUT2D eigenvalue weighted by Crippen LogP contribution is -1.96. The number of hydrogen-bond donors (Lipinski definition) is 0. The minimum absolute atomic E-state index is 0.335. The van der Waals surface area contributed by atoms with Crippen molar-refractivity contribution in [1.82, 2.24) is 0 Å². The Kier molecular flexibility index (Phi) is 6.27. The van der Waals surface area contributed by atoms with Gasteiger partial charge in [0.15, 0.2) is 17.5 Å². The van der Waals surface area contributed by atoms with Crippen LogP contribution in [-0.2, 0) is 0 Å². The van der Waals surface area contributed by atoms with E-state index in [1.807, 2.05) is 26.0 Å². The molecule has 0 saturated carbocycles. The van der Waals surface area contributed by atoms with Crippen molar-refractivity contribution in [2.75, 3.05) is 6.61 Å². The highest BCUT2D eigenvalue weighted by Crippen LogP contribution is 2.45.